The molecule has 0 aromatic heterocycles. The molecule has 1 aromatic carbocycles. The Labute approximate surface area is 153 Å². The maximum Gasteiger partial charge on any atom is 0.271 e. The second kappa shape index (κ2) is 8.30. The monoisotopic (exact) mass is 384 g/mol. The van der Waals surface area contributed by atoms with Crippen molar-refractivity contribution in [1.29, 1.82) is 0 Å². The molecule has 0 bridgehead atoms. The number of hydrogen-bond donors (Lipinski definition) is 1. The molecule has 1 N–H and O–H groups in total. The zero-order chi connectivity index (χ0) is 18.6. The van der Waals surface area contributed by atoms with Crippen molar-refractivity contribution in [3.63, 3.8) is 0 Å². The van der Waals surface area contributed by atoms with Crippen LogP contribution < -0.4 is 5.32 Å². The molecular formula is C15H17ClN4O4S. The molecule has 1 aromatic rings. The third kappa shape index (κ3) is 4.49. The fraction of sp³-hybridized carbons (Fsp3) is 0.400. The molecule has 1 aliphatic heterocycles. The van der Waals surface area contributed by atoms with Crippen LogP contribution in [-0.2, 0) is 9.59 Å². The first-order chi connectivity index (χ1) is 11.9. The van der Waals surface area contributed by atoms with E-state index in [9.17, 15) is 19.7 Å². The van der Waals surface area contributed by atoms with Crippen molar-refractivity contribution in [3.05, 3.63) is 33.3 Å². The van der Waals surface area contributed by atoms with Crippen LogP contribution in [0.25, 0.3) is 0 Å². The van der Waals surface area contributed by atoms with E-state index < -0.39 is 16.1 Å². The van der Waals surface area contributed by atoms with Crippen molar-refractivity contribution in [2.45, 2.75) is 25.5 Å². The van der Waals surface area contributed by atoms with Crippen molar-refractivity contribution in [2.75, 3.05) is 18.4 Å². The van der Waals surface area contributed by atoms with Gasteiger partial charge in [-0.05, 0) is 19.9 Å². The first-order valence-electron chi connectivity index (χ1n) is 7.63. The lowest BCUT2D eigenvalue weighted by atomic mass is 10.2. The highest BCUT2D eigenvalue weighted by Crippen LogP contribution is 2.31. The minimum Gasteiger partial charge on any atom is -0.325 e. The summed E-state index contributed by atoms with van der Waals surface area (Å²) in [6.45, 7) is 4.75. The molecule has 25 heavy (non-hydrogen) atoms. The number of amidine groups is 1. The quantitative estimate of drug-likeness (QED) is 0.599. The maximum atomic E-state index is 12.3. The number of nitrogens with one attached hydrogen (secondary N) is 1. The normalized spacial score (nSPS) is 18.7. The standard InChI is InChI=1S/C15H17ClN4O4S/c1-3-17-15-19(4-2)14(22)12(25-15)8-13(21)18-11-7-9(20(23)24)5-6-10(11)16/h5-7,12H,3-4,8H2,1-2H3,(H,18,21). The lowest BCUT2D eigenvalue weighted by molar-refractivity contribution is -0.384. The number of anilines is 1. The summed E-state index contributed by atoms with van der Waals surface area (Å²) in [6, 6.07) is 3.78. The van der Waals surface area contributed by atoms with Gasteiger partial charge >= 0.3 is 0 Å². The van der Waals surface area contributed by atoms with Gasteiger partial charge in [-0.15, -0.1) is 0 Å². The molecule has 1 heterocycles. The fourth-order valence-electron chi connectivity index (χ4n) is 2.28. The summed E-state index contributed by atoms with van der Waals surface area (Å²) >= 11 is 7.22. The van der Waals surface area contributed by atoms with Crippen LogP contribution in [0.2, 0.25) is 5.02 Å². The molecule has 10 heteroatoms. The van der Waals surface area contributed by atoms with Gasteiger partial charge in [-0.25, -0.2) is 0 Å². The second-order valence-electron chi connectivity index (χ2n) is 5.12. The summed E-state index contributed by atoms with van der Waals surface area (Å²) in [7, 11) is 0. The van der Waals surface area contributed by atoms with Crippen LogP contribution in [0.5, 0.6) is 0 Å². The number of carbonyl (C=O) groups is 2. The van der Waals surface area contributed by atoms with Crippen molar-refractivity contribution >= 4 is 51.7 Å². The number of carbonyl (C=O) groups excluding carboxylic acids is 2. The van der Waals surface area contributed by atoms with Gasteiger partial charge in [-0.2, -0.15) is 0 Å². The molecule has 1 saturated heterocycles. The molecule has 2 amide bonds. The number of halogens is 1. The maximum absolute atomic E-state index is 12.3. The highest BCUT2D eigenvalue weighted by molar-refractivity contribution is 8.15. The molecule has 0 spiro atoms. The smallest absolute Gasteiger partial charge is 0.271 e. The Morgan fingerprint density at radius 1 is 1.48 bits per heavy atom. The molecule has 1 aliphatic rings. The summed E-state index contributed by atoms with van der Waals surface area (Å²) < 4.78 is 0. The molecule has 2 rings (SSSR count). The summed E-state index contributed by atoms with van der Waals surface area (Å²) in [5.74, 6) is -0.609. The van der Waals surface area contributed by atoms with Crippen LogP contribution in [-0.4, -0.2) is 45.1 Å². The van der Waals surface area contributed by atoms with Crippen LogP contribution in [0.15, 0.2) is 23.2 Å². The van der Waals surface area contributed by atoms with E-state index in [2.05, 4.69) is 10.3 Å². The number of aliphatic imine (C=N–C) groups is 1. The van der Waals surface area contributed by atoms with Crippen molar-refractivity contribution < 1.29 is 14.5 Å². The zero-order valence-electron chi connectivity index (χ0n) is 13.7. The molecule has 0 radical (unpaired) electrons. The van der Waals surface area contributed by atoms with Gasteiger partial charge in [0.25, 0.3) is 5.69 Å². The fourth-order valence-corrected chi connectivity index (χ4v) is 3.71. The van der Waals surface area contributed by atoms with Gasteiger partial charge in [0.1, 0.15) is 5.25 Å². The Bertz CT molecular complexity index is 740. The van der Waals surface area contributed by atoms with E-state index in [1.54, 1.807) is 4.90 Å². The van der Waals surface area contributed by atoms with E-state index in [1.807, 2.05) is 13.8 Å². The second-order valence-corrected chi connectivity index (χ2v) is 6.70. The van der Waals surface area contributed by atoms with Gasteiger partial charge < -0.3 is 5.32 Å². The van der Waals surface area contributed by atoms with Crippen LogP contribution in [0.4, 0.5) is 11.4 Å². The Morgan fingerprint density at radius 3 is 2.80 bits per heavy atom. The molecule has 1 atom stereocenters. The minimum absolute atomic E-state index is 0.0677. The van der Waals surface area contributed by atoms with Crippen LogP contribution in [0, 0.1) is 10.1 Å². The number of nitro groups is 1. The SMILES string of the molecule is CCN=C1SC(CC(=O)Nc2cc([N+](=O)[O-])ccc2Cl)C(=O)N1CC. The van der Waals surface area contributed by atoms with Gasteiger partial charge in [0.05, 0.1) is 15.6 Å². The van der Waals surface area contributed by atoms with E-state index in [-0.39, 0.29) is 28.7 Å². The highest BCUT2D eigenvalue weighted by atomic mass is 35.5. The van der Waals surface area contributed by atoms with Crippen molar-refractivity contribution in [2.24, 2.45) is 4.99 Å². The van der Waals surface area contributed by atoms with Gasteiger partial charge in [-0.1, -0.05) is 23.4 Å². The summed E-state index contributed by atoms with van der Waals surface area (Å²) in [4.78, 5) is 40.7. The highest BCUT2D eigenvalue weighted by Gasteiger charge is 2.38. The van der Waals surface area contributed by atoms with Crippen LogP contribution in [0.1, 0.15) is 20.3 Å². The Hall–Kier alpha value is -2.13. The largest absolute Gasteiger partial charge is 0.325 e. The number of thioether (sulfide) groups is 1. The Morgan fingerprint density at radius 2 is 2.20 bits per heavy atom. The van der Waals surface area contributed by atoms with Crippen molar-refractivity contribution in [3.8, 4) is 0 Å². The lowest BCUT2D eigenvalue weighted by Gasteiger charge is -2.13. The van der Waals surface area contributed by atoms with Gasteiger partial charge in [-0.3, -0.25) is 29.6 Å². The molecule has 134 valence electrons. The summed E-state index contributed by atoms with van der Waals surface area (Å²) in [5, 5.41) is 13.6. The zero-order valence-corrected chi connectivity index (χ0v) is 15.3. The average molecular weight is 385 g/mol. The number of hydrogen-bond acceptors (Lipinski definition) is 6. The third-order valence-corrected chi connectivity index (χ3v) is 4.98. The molecule has 1 unspecified atom stereocenters. The minimum atomic E-state index is -0.574. The van der Waals surface area contributed by atoms with E-state index >= 15 is 0 Å². The van der Waals surface area contributed by atoms with Crippen LogP contribution in [0.3, 0.4) is 0 Å². The first kappa shape index (κ1) is 19.2. The Balaban J connectivity index is 2.08. The molecule has 1 fully saturated rings. The van der Waals surface area contributed by atoms with Crippen LogP contribution >= 0.6 is 23.4 Å². The Kier molecular flexibility index (Phi) is 6.38. The molecule has 0 aliphatic carbocycles. The number of nitro benzene ring substituents is 1. The molecule has 8 nitrogen and oxygen atoms in total. The summed E-state index contributed by atoms with van der Waals surface area (Å²) in [5.41, 5.74) is -0.0355. The number of rotatable bonds is 6. The summed E-state index contributed by atoms with van der Waals surface area (Å²) in [6.07, 6.45) is -0.0677. The van der Waals surface area contributed by atoms with Gasteiger partial charge in [0, 0.05) is 31.6 Å². The predicted molar refractivity (Wildman–Crippen MR) is 98.1 cm³/mol. The van der Waals surface area contributed by atoms with Gasteiger partial charge in [0.15, 0.2) is 5.17 Å². The molecule has 0 saturated carbocycles. The van der Waals surface area contributed by atoms with E-state index in [0.717, 1.165) is 0 Å². The average Bonchev–Trinajstić information content (AvgIpc) is 2.84. The van der Waals surface area contributed by atoms with E-state index in [1.165, 1.54) is 30.0 Å². The third-order valence-electron chi connectivity index (χ3n) is 3.44. The number of benzene rings is 1. The van der Waals surface area contributed by atoms with Crippen molar-refractivity contribution in [1.82, 2.24) is 4.90 Å². The topological polar surface area (TPSA) is 105 Å². The number of nitrogens with zero attached hydrogens (tertiary/aromatic N) is 3. The van der Waals surface area contributed by atoms with E-state index in [0.29, 0.717) is 18.3 Å². The predicted octanol–water partition coefficient (Wildman–Crippen LogP) is 2.92. The number of amides is 2. The number of non-ortho nitro benzene ring substituents is 1. The lowest BCUT2D eigenvalue weighted by Crippen LogP contribution is -2.33. The van der Waals surface area contributed by atoms with E-state index in [4.69, 9.17) is 11.6 Å². The first-order valence-corrected chi connectivity index (χ1v) is 8.89. The molecular weight excluding hydrogens is 368 g/mol. The van der Waals surface area contributed by atoms with Gasteiger partial charge in [0.2, 0.25) is 11.8 Å².